The van der Waals surface area contributed by atoms with E-state index in [1.807, 2.05) is 0 Å². The van der Waals surface area contributed by atoms with Gasteiger partial charge in [-0.1, -0.05) is 0 Å². The molecule has 1 aliphatic carbocycles. The van der Waals surface area contributed by atoms with E-state index in [1.165, 1.54) is 24.5 Å². The second-order valence-electron chi connectivity index (χ2n) is 8.01. The molecule has 8 nitrogen and oxygen atoms in total. The van der Waals surface area contributed by atoms with Gasteiger partial charge in [0, 0.05) is 42.8 Å². The number of hydrogen-bond acceptors (Lipinski definition) is 6. The predicted molar refractivity (Wildman–Crippen MR) is 121 cm³/mol. The van der Waals surface area contributed by atoms with Gasteiger partial charge in [-0.3, -0.25) is 9.79 Å². The second-order valence-corrected chi connectivity index (χ2v) is 8.01. The molecule has 1 aromatic heterocycles. The number of halogens is 3. The van der Waals surface area contributed by atoms with Crippen LogP contribution in [0.2, 0.25) is 0 Å². The van der Waals surface area contributed by atoms with Crippen molar-refractivity contribution in [2.24, 2.45) is 33.1 Å². The maximum Gasteiger partial charge on any atom is 0.233 e. The van der Waals surface area contributed by atoms with Crippen molar-refractivity contribution in [3.05, 3.63) is 54.1 Å². The number of aliphatic imine (C=N–C) groups is 2. The Morgan fingerprint density at radius 3 is 2.52 bits per heavy atom. The lowest BCUT2D eigenvalue weighted by atomic mass is 9.79. The van der Waals surface area contributed by atoms with Crippen molar-refractivity contribution in [1.29, 1.82) is 0 Å². The van der Waals surface area contributed by atoms with Crippen LogP contribution in [-0.2, 0) is 4.79 Å². The summed E-state index contributed by atoms with van der Waals surface area (Å²) in [5.41, 5.74) is 17.5. The Kier molecular flexibility index (Phi) is 7.64. The van der Waals surface area contributed by atoms with Gasteiger partial charge in [0.2, 0.25) is 11.9 Å². The zero-order valence-corrected chi connectivity index (χ0v) is 17.8. The summed E-state index contributed by atoms with van der Waals surface area (Å²) in [7, 11) is 0. The van der Waals surface area contributed by atoms with Crippen LogP contribution in [0.3, 0.4) is 0 Å². The number of amides is 1. The smallest absolute Gasteiger partial charge is 0.233 e. The average molecular weight is 461 g/mol. The lowest BCUT2D eigenvalue weighted by Gasteiger charge is -2.37. The van der Waals surface area contributed by atoms with Crippen molar-refractivity contribution in [1.82, 2.24) is 4.98 Å². The number of anilines is 1. The van der Waals surface area contributed by atoms with Crippen LogP contribution in [0.5, 0.6) is 0 Å². The van der Waals surface area contributed by atoms with E-state index in [0.29, 0.717) is 31.4 Å². The van der Waals surface area contributed by atoms with E-state index in [1.54, 1.807) is 0 Å². The molecule has 2 aromatic rings. The molecule has 176 valence electrons. The van der Waals surface area contributed by atoms with Crippen molar-refractivity contribution < 1.29 is 18.0 Å². The fourth-order valence-corrected chi connectivity index (χ4v) is 3.72. The van der Waals surface area contributed by atoms with Gasteiger partial charge < -0.3 is 22.5 Å². The quantitative estimate of drug-likeness (QED) is 0.271. The van der Waals surface area contributed by atoms with E-state index in [-0.39, 0.29) is 24.1 Å². The van der Waals surface area contributed by atoms with Crippen LogP contribution in [0.4, 0.5) is 24.5 Å². The minimum absolute atomic E-state index is 0.0323. The standard InChI is InChI=1S/C22H26F3N7O/c23-17-2-1-14(9-18(17)24)31-13-3-6-22(12-26,7-4-13)30-11-16(21(28)33)20(27)32-15-5-8-29-19(25)10-15/h1-2,5,8-11,13,16,31H,3-4,6-7,12,26H2,(H2,28,33)(H2,27,29,32). The van der Waals surface area contributed by atoms with Crippen molar-refractivity contribution >= 4 is 29.3 Å². The first-order valence-electron chi connectivity index (χ1n) is 10.4. The highest BCUT2D eigenvalue weighted by atomic mass is 19.2. The Morgan fingerprint density at radius 2 is 1.91 bits per heavy atom. The van der Waals surface area contributed by atoms with Crippen molar-refractivity contribution in [3.63, 3.8) is 0 Å². The highest BCUT2D eigenvalue weighted by Crippen LogP contribution is 2.33. The van der Waals surface area contributed by atoms with Crippen LogP contribution in [0.25, 0.3) is 0 Å². The number of hydrogen-bond donors (Lipinski definition) is 4. The van der Waals surface area contributed by atoms with Crippen LogP contribution in [0.1, 0.15) is 25.7 Å². The molecule has 1 amide bonds. The van der Waals surface area contributed by atoms with E-state index in [9.17, 15) is 18.0 Å². The fraction of sp³-hybridized carbons (Fsp3) is 0.364. The summed E-state index contributed by atoms with van der Waals surface area (Å²) in [5, 5.41) is 3.20. The number of nitrogens with one attached hydrogen (secondary N) is 1. The van der Waals surface area contributed by atoms with Crippen molar-refractivity contribution in [2.45, 2.75) is 37.3 Å². The van der Waals surface area contributed by atoms with Gasteiger partial charge in [-0.25, -0.2) is 18.8 Å². The van der Waals surface area contributed by atoms with Gasteiger partial charge in [-0.2, -0.15) is 4.39 Å². The lowest BCUT2D eigenvalue weighted by Crippen LogP contribution is -2.44. The molecule has 33 heavy (non-hydrogen) atoms. The number of carbonyl (C=O) groups excluding carboxylic acids is 1. The highest BCUT2D eigenvalue weighted by Gasteiger charge is 2.34. The number of primary amides is 1. The fourth-order valence-electron chi connectivity index (χ4n) is 3.72. The molecule has 7 N–H and O–H groups in total. The zero-order chi connectivity index (χ0) is 24.0. The van der Waals surface area contributed by atoms with Gasteiger partial charge in [0.1, 0.15) is 11.8 Å². The SMILES string of the molecule is NCC1(N=CC(C(N)=O)C(N)=Nc2ccnc(F)c2)CCC(Nc2ccc(F)c(F)c2)CC1. The van der Waals surface area contributed by atoms with E-state index < -0.39 is 34.9 Å². The number of carbonyl (C=O) groups is 1. The van der Waals surface area contributed by atoms with Crippen molar-refractivity contribution in [2.75, 3.05) is 11.9 Å². The number of amidine groups is 1. The summed E-state index contributed by atoms with van der Waals surface area (Å²) in [4.78, 5) is 24.0. The van der Waals surface area contributed by atoms with Crippen molar-refractivity contribution in [3.8, 4) is 0 Å². The van der Waals surface area contributed by atoms with Gasteiger partial charge in [0.15, 0.2) is 11.6 Å². The highest BCUT2D eigenvalue weighted by molar-refractivity contribution is 6.14. The predicted octanol–water partition coefficient (Wildman–Crippen LogP) is 2.41. The van der Waals surface area contributed by atoms with Crippen LogP contribution >= 0.6 is 0 Å². The van der Waals surface area contributed by atoms with Gasteiger partial charge in [-0.15, -0.1) is 0 Å². The topological polar surface area (TPSA) is 145 Å². The van der Waals surface area contributed by atoms with E-state index >= 15 is 0 Å². The maximum absolute atomic E-state index is 13.4. The Bertz CT molecular complexity index is 1050. The number of rotatable bonds is 8. The van der Waals surface area contributed by atoms with Crippen LogP contribution in [0, 0.1) is 23.5 Å². The monoisotopic (exact) mass is 461 g/mol. The molecule has 1 unspecified atom stereocenters. The Balaban J connectivity index is 1.68. The molecule has 0 saturated heterocycles. The molecule has 1 atom stereocenters. The zero-order valence-electron chi connectivity index (χ0n) is 17.8. The molecule has 11 heteroatoms. The summed E-state index contributed by atoms with van der Waals surface area (Å²) in [6.07, 6.45) is 5.11. The number of nitrogens with zero attached hydrogens (tertiary/aromatic N) is 3. The number of nitrogens with two attached hydrogens (primary N) is 3. The minimum Gasteiger partial charge on any atom is -0.386 e. The molecular formula is C22H26F3N7O. The van der Waals surface area contributed by atoms with Crippen LogP contribution in [-0.4, -0.2) is 41.1 Å². The Labute approximate surface area is 189 Å². The number of pyridine rings is 1. The first kappa shape index (κ1) is 24.2. The molecule has 1 saturated carbocycles. The maximum atomic E-state index is 13.4. The third-order valence-electron chi connectivity index (χ3n) is 5.68. The molecule has 0 bridgehead atoms. The number of benzene rings is 1. The van der Waals surface area contributed by atoms with E-state index in [0.717, 1.165) is 18.2 Å². The molecule has 3 rings (SSSR count). The van der Waals surface area contributed by atoms with E-state index in [2.05, 4.69) is 20.3 Å². The third-order valence-corrected chi connectivity index (χ3v) is 5.68. The largest absolute Gasteiger partial charge is 0.386 e. The molecule has 1 fully saturated rings. The van der Waals surface area contributed by atoms with Crippen LogP contribution < -0.4 is 22.5 Å². The molecule has 0 aliphatic heterocycles. The van der Waals surface area contributed by atoms with Gasteiger partial charge >= 0.3 is 0 Å². The first-order valence-corrected chi connectivity index (χ1v) is 10.4. The molecule has 1 aliphatic rings. The second kappa shape index (κ2) is 10.4. The molecule has 1 aromatic carbocycles. The third kappa shape index (κ3) is 6.28. The first-order chi connectivity index (χ1) is 15.7. The number of aromatic nitrogens is 1. The molecular weight excluding hydrogens is 435 g/mol. The summed E-state index contributed by atoms with van der Waals surface area (Å²) < 4.78 is 39.8. The van der Waals surface area contributed by atoms with Gasteiger partial charge in [-0.05, 0) is 43.9 Å². The van der Waals surface area contributed by atoms with Crippen LogP contribution in [0.15, 0.2) is 46.5 Å². The summed E-state index contributed by atoms with van der Waals surface area (Å²) in [6, 6.07) is 6.22. The van der Waals surface area contributed by atoms with E-state index in [4.69, 9.17) is 17.2 Å². The molecule has 0 radical (unpaired) electrons. The average Bonchev–Trinajstić information content (AvgIpc) is 2.77. The van der Waals surface area contributed by atoms with Gasteiger partial charge in [0.05, 0.1) is 11.2 Å². The minimum atomic E-state index is -1.09. The molecule has 1 heterocycles. The Hall–Kier alpha value is -3.47. The summed E-state index contributed by atoms with van der Waals surface area (Å²) in [5.74, 6) is -4.52. The summed E-state index contributed by atoms with van der Waals surface area (Å²) in [6.45, 7) is 0.236. The lowest BCUT2D eigenvalue weighted by molar-refractivity contribution is -0.118. The normalized spacial score (nSPS) is 22.3. The van der Waals surface area contributed by atoms with Gasteiger partial charge in [0.25, 0.3) is 0 Å². The molecule has 0 spiro atoms. The Morgan fingerprint density at radius 1 is 1.18 bits per heavy atom. The summed E-state index contributed by atoms with van der Waals surface area (Å²) >= 11 is 0.